The number of fused-ring (bicyclic) bond motifs is 2. The molecule has 3 nitrogen and oxygen atoms in total. The molecular weight excluding hydrogens is 390 g/mol. The van der Waals surface area contributed by atoms with E-state index in [0.717, 1.165) is 53.4 Å². The van der Waals surface area contributed by atoms with E-state index in [0.29, 0.717) is 11.0 Å². The summed E-state index contributed by atoms with van der Waals surface area (Å²) in [6.45, 7) is 4.06. The molecule has 2 aliphatic heterocycles. The van der Waals surface area contributed by atoms with E-state index in [1.54, 1.807) is 38.5 Å². The van der Waals surface area contributed by atoms with E-state index in [1.165, 1.54) is 64.6 Å². The lowest BCUT2D eigenvalue weighted by Crippen LogP contribution is -2.56. The number of hydrogen-bond acceptors (Lipinski definition) is 3. The summed E-state index contributed by atoms with van der Waals surface area (Å²) in [5.41, 5.74) is 1.24. The summed E-state index contributed by atoms with van der Waals surface area (Å²) in [6, 6.07) is 0.857. The number of nitrogens with one attached hydrogen (secondary N) is 2. The topological polar surface area (TPSA) is 27.3 Å². The van der Waals surface area contributed by atoms with E-state index in [2.05, 4.69) is 29.6 Å². The molecular formula is C29H49N3. The summed E-state index contributed by atoms with van der Waals surface area (Å²) in [6.07, 6.45) is 19.9. The van der Waals surface area contributed by atoms with Crippen molar-refractivity contribution in [1.29, 1.82) is 0 Å². The Morgan fingerprint density at radius 1 is 0.844 bits per heavy atom. The molecule has 8 rings (SSSR count). The first-order valence-corrected chi connectivity index (χ1v) is 14.7. The van der Waals surface area contributed by atoms with Crippen molar-refractivity contribution in [3.05, 3.63) is 0 Å². The minimum Gasteiger partial charge on any atom is -0.314 e. The van der Waals surface area contributed by atoms with Crippen molar-refractivity contribution in [3.63, 3.8) is 0 Å². The monoisotopic (exact) mass is 439 g/mol. The number of nitrogens with zero attached hydrogens (tertiary/aromatic N) is 1. The number of hydrogen-bond donors (Lipinski definition) is 2. The molecule has 11 unspecified atom stereocenters. The van der Waals surface area contributed by atoms with Crippen LogP contribution in [0, 0.1) is 52.8 Å². The van der Waals surface area contributed by atoms with Crippen LogP contribution >= 0.6 is 0 Å². The van der Waals surface area contributed by atoms with Gasteiger partial charge in [-0.1, -0.05) is 6.42 Å². The van der Waals surface area contributed by atoms with E-state index < -0.39 is 0 Å². The van der Waals surface area contributed by atoms with Crippen LogP contribution in [-0.2, 0) is 0 Å². The van der Waals surface area contributed by atoms with Crippen LogP contribution in [0.4, 0.5) is 0 Å². The first kappa shape index (κ1) is 21.2. The Morgan fingerprint density at radius 3 is 2.59 bits per heavy atom. The van der Waals surface area contributed by atoms with E-state index in [4.69, 9.17) is 0 Å². The molecule has 11 atom stereocenters. The second kappa shape index (κ2) is 7.69. The zero-order valence-corrected chi connectivity index (χ0v) is 21.0. The third kappa shape index (κ3) is 3.02. The molecule has 0 spiro atoms. The lowest BCUT2D eigenvalue weighted by atomic mass is 9.49. The normalized spacial score (nSPS) is 57.4. The maximum Gasteiger partial charge on any atom is 0.0215 e. The zero-order valence-electron chi connectivity index (χ0n) is 21.0. The molecule has 2 N–H and O–H groups in total. The van der Waals surface area contributed by atoms with E-state index in [-0.39, 0.29) is 0 Å². The second-order valence-corrected chi connectivity index (χ2v) is 14.0. The Labute approximate surface area is 197 Å². The minimum absolute atomic E-state index is 0.533. The minimum atomic E-state index is 0.533. The zero-order chi connectivity index (χ0) is 21.5. The molecule has 0 aromatic carbocycles. The third-order valence-electron chi connectivity index (χ3n) is 12.9. The van der Waals surface area contributed by atoms with Crippen molar-refractivity contribution in [2.24, 2.45) is 52.8 Å². The van der Waals surface area contributed by atoms with Gasteiger partial charge in [-0.2, -0.15) is 0 Å². The molecule has 3 heteroatoms. The molecule has 2 heterocycles. The molecule has 32 heavy (non-hydrogen) atoms. The van der Waals surface area contributed by atoms with Gasteiger partial charge in [-0.05, 0) is 157 Å². The molecule has 180 valence electrons. The first-order valence-electron chi connectivity index (χ1n) is 14.7. The van der Waals surface area contributed by atoms with Crippen molar-refractivity contribution < 1.29 is 0 Å². The standard InChI is InChI=1S/C29H49N3/c1-30-29-15-19-13-20(29)16-28(14-19,18-29)26-9-8-22(25-17-32(2)12-10-23(25)26)21-5-3-7-27-24(21)6-4-11-31-27/h19-27,30-31H,3-18H2,1-2H3. The van der Waals surface area contributed by atoms with Crippen LogP contribution in [0.3, 0.4) is 0 Å². The first-order chi connectivity index (χ1) is 15.6. The third-order valence-corrected chi connectivity index (χ3v) is 12.9. The molecule has 6 saturated carbocycles. The van der Waals surface area contributed by atoms with Gasteiger partial charge in [0.2, 0.25) is 0 Å². The quantitative estimate of drug-likeness (QED) is 0.654. The predicted molar refractivity (Wildman–Crippen MR) is 131 cm³/mol. The smallest absolute Gasteiger partial charge is 0.0215 e. The van der Waals surface area contributed by atoms with E-state index in [1.807, 2.05) is 0 Å². The number of piperidine rings is 2. The number of rotatable bonds is 3. The van der Waals surface area contributed by atoms with Crippen LogP contribution in [0.1, 0.15) is 83.5 Å². The highest BCUT2D eigenvalue weighted by molar-refractivity contribution is 5.20. The Balaban J connectivity index is 1.17. The summed E-state index contributed by atoms with van der Waals surface area (Å²) < 4.78 is 0. The highest BCUT2D eigenvalue weighted by Gasteiger charge is 2.67. The Bertz CT molecular complexity index is 721. The molecule has 8 fully saturated rings. The highest BCUT2D eigenvalue weighted by Crippen LogP contribution is 2.71. The van der Waals surface area contributed by atoms with Crippen molar-refractivity contribution >= 4 is 0 Å². The van der Waals surface area contributed by atoms with Gasteiger partial charge in [0, 0.05) is 18.1 Å². The summed E-state index contributed by atoms with van der Waals surface area (Å²) in [5, 5.41) is 7.87. The largest absolute Gasteiger partial charge is 0.314 e. The van der Waals surface area contributed by atoms with Gasteiger partial charge in [0.05, 0.1) is 0 Å². The van der Waals surface area contributed by atoms with Crippen molar-refractivity contribution in [2.75, 3.05) is 33.7 Å². The fourth-order valence-electron chi connectivity index (χ4n) is 12.1. The lowest BCUT2D eigenvalue weighted by molar-refractivity contribution is -0.0897. The summed E-state index contributed by atoms with van der Waals surface area (Å²) in [4.78, 5) is 2.72. The van der Waals surface area contributed by atoms with Crippen molar-refractivity contribution in [2.45, 2.75) is 95.1 Å². The van der Waals surface area contributed by atoms with Gasteiger partial charge < -0.3 is 15.5 Å². The fraction of sp³-hybridized carbons (Fsp3) is 1.00. The summed E-state index contributed by atoms with van der Waals surface area (Å²) in [7, 11) is 4.72. The van der Waals surface area contributed by atoms with E-state index >= 15 is 0 Å². The maximum atomic E-state index is 3.95. The van der Waals surface area contributed by atoms with Crippen molar-refractivity contribution in [1.82, 2.24) is 15.5 Å². The van der Waals surface area contributed by atoms with Gasteiger partial charge in [0.15, 0.2) is 0 Å². The van der Waals surface area contributed by atoms with Crippen LogP contribution in [0.15, 0.2) is 0 Å². The fourth-order valence-corrected chi connectivity index (χ4v) is 12.1. The molecule has 2 saturated heterocycles. The van der Waals surface area contributed by atoms with Crippen LogP contribution in [0.5, 0.6) is 0 Å². The van der Waals surface area contributed by atoms with Gasteiger partial charge >= 0.3 is 0 Å². The Morgan fingerprint density at radius 2 is 1.72 bits per heavy atom. The van der Waals surface area contributed by atoms with Gasteiger partial charge in [0.25, 0.3) is 0 Å². The Hall–Kier alpha value is -0.120. The molecule has 0 amide bonds. The van der Waals surface area contributed by atoms with Crippen molar-refractivity contribution in [3.8, 4) is 0 Å². The van der Waals surface area contributed by atoms with E-state index in [9.17, 15) is 0 Å². The maximum absolute atomic E-state index is 3.95. The second-order valence-electron chi connectivity index (χ2n) is 14.0. The SMILES string of the molecule is CNC12CC3CC1CC(C1CCC(C4CCCC5NCCCC54)C4CN(C)CCC41)(C3)C2. The van der Waals surface area contributed by atoms with Crippen LogP contribution in [-0.4, -0.2) is 50.2 Å². The average molecular weight is 440 g/mol. The predicted octanol–water partition coefficient (Wildman–Crippen LogP) is 4.92. The Kier molecular flexibility index (Phi) is 5.09. The van der Waals surface area contributed by atoms with Crippen LogP contribution in [0.2, 0.25) is 0 Å². The van der Waals surface area contributed by atoms with Gasteiger partial charge in [0.1, 0.15) is 0 Å². The van der Waals surface area contributed by atoms with Crippen LogP contribution < -0.4 is 10.6 Å². The van der Waals surface area contributed by atoms with Gasteiger partial charge in [-0.25, -0.2) is 0 Å². The van der Waals surface area contributed by atoms with Gasteiger partial charge in [-0.15, -0.1) is 0 Å². The molecule has 0 radical (unpaired) electrons. The molecule has 8 aliphatic rings. The lowest BCUT2D eigenvalue weighted by Gasteiger charge is -2.59. The number of likely N-dealkylation sites (tertiary alicyclic amines) is 1. The average Bonchev–Trinajstić information content (AvgIpc) is 3.20. The molecule has 6 aliphatic carbocycles. The summed E-state index contributed by atoms with van der Waals surface area (Å²) >= 11 is 0. The van der Waals surface area contributed by atoms with Gasteiger partial charge in [-0.3, -0.25) is 0 Å². The summed E-state index contributed by atoms with van der Waals surface area (Å²) in [5.74, 6) is 8.17. The highest BCUT2D eigenvalue weighted by atomic mass is 15.1. The van der Waals surface area contributed by atoms with Crippen LogP contribution in [0.25, 0.3) is 0 Å². The molecule has 0 aromatic rings. The molecule has 4 bridgehead atoms. The molecule has 0 aromatic heterocycles.